The van der Waals surface area contributed by atoms with Gasteiger partial charge in [-0.15, -0.1) is 0 Å². The van der Waals surface area contributed by atoms with Crippen LogP contribution in [0.15, 0.2) is 30.3 Å². The van der Waals surface area contributed by atoms with Crippen LogP contribution in [0.3, 0.4) is 0 Å². The molecule has 3 rings (SSSR count). The summed E-state index contributed by atoms with van der Waals surface area (Å²) in [5.74, 6) is 0.841. The maximum absolute atomic E-state index is 12.4. The van der Waals surface area contributed by atoms with Gasteiger partial charge >= 0.3 is 6.03 Å². The molecule has 6 heteroatoms. The third kappa shape index (κ3) is 2.93. The molecule has 0 aliphatic carbocycles. The predicted octanol–water partition coefficient (Wildman–Crippen LogP) is 1.36. The third-order valence-corrected chi connectivity index (χ3v) is 4.32. The summed E-state index contributed by atoms with van der Waals surface area (Å²) in [6, 6.07) is 9.82. The van der Waals surface area contributed by atoms with Crippen molar-refractivity contribution in [2.24, 2.45) is 0 Å². The van der Waals surface area contributed by atoms with Crippen molar-refractivity contribution in [2.45, 2.75) is 18.6 Å². The predicted molar refractivity (Wildman–Crippen MR) is 81.2 cm³/mol. The van der Waals surface area contributed by atoms with Crippen LogP contribution in [0, 0.1) is 11.5 Å². The Morgan fingerprint density at radius 3 is 2.68 bits per heavy atom. The molecule has 22 heavy (non-hydrogen) atoms. The van der Waals surface area contributed by atoms with Crippen molar-refractivity contribution in [2.75, 3.05) is 33.2 Å². The molecule has 2 aliphatic rings. The van der Waals surface area contributed by atoms with Gasteiger partial charge in [-0.3, -0.25) is 0 Å². The first-order valence-corrected chi connectivity index (χ1v) is 7.55. The van der Waals surface area contributed by atoms with Gasteiger partial charge in [-0.05, 0) is 18.6 Å². The Hall–Kier alpha value is -2.42. The first kappa shape index (κ1) is 14.5. The number of likely N-dealkylation sites (tertiary alicyclic amines) is 2. The number of ether oxygens (including phenoxy) is 1. The molecular weight excluding hydrogens is 280 g/mol. The maximum Gasteiger partial charge on any atom is 0.320 e. The Balaban J connectivity index is 1.46. The van der Waals surface area contributed by atoms with E-state index in [0.717, 1.165) is 18.7 Å². The third-order valence-electron chi connectivity index (χ3n) is 4.32. The number of hydrogen-bond donors (Lipinski definition) is 0. The molecule has 0 aromatic heterocycles. The minimum atomic E-state index is 0.0256. The zero-order chi connectivity index (χ0) is 15.5. The fraction of sp³-hybridized carbons (Fsp3) is 0.500. The summed E-state index contributed by atoms with van der Waals surface area (Å²) in [6.45, 7) is 2.61. The van der Waals surface area contributed by atoms with E-state index in [0.29, 0.717) is 19.6 Å². The van der Waals surface area contributed by atoms with Gasteiger partial charge in [-0.25, -0.2) is 4.79 Å². The van der Waals surface area contributed by atoms with Crippen LogP contribution in [0.5, 0.6) is 5.75 Å². The molecule has 0 N–H and O–H groups in total. The molecule has 2 saturated heterocycles. The lowest BCUT2D eigenvalue weighted by Gasteiger charge is -2.41. The Bertz CT molecular complexity index is 565. The topological polar surface area (TPSA) is 59.8 Å². The molecule has 1 atom stereocenters. The van der Waals surface area contributed by atoms with Gasteiger partial charge in [0, 0.05) is 20.1 Å². The van der Waals surface area contributed by atoms with Crippen molar-refractivity contribution in [1.82, 2.24) is 14.7 Å². The molecule has 0 unspecified atom stereocenters. The van der Waals surface area contributed by atoms with Crippen molar-refractivity contribution < 1.29 is 9.53 Å². The number of amides is 2. The average Bonchev–Trinajstić information content (AvgIpc) is 2.99. The van der Waals surface area contributed by atoms with E-state index in [-0.39, 0.29) is 18.2 Å². The normalized spacial score (nSPS) is 21.2. The van der Waals surface area contributed by atoms with Crippen molar-refractivity contribution >= 4 is 6.03 Å². The summed E-state index contributed by atoms with van der Waals surface area (Å²) in [4.78, 5) is 17.7. The highest BCUT2D eigenvalue weighted by molar-refractivity contribution is 5.75. The minimum absolute atomic E-state index is 0.0256. The Labute approximate surface area is 130 Å². The molecule has 0 radical (unpaired) electrons. The van der Waals surface area contributed by atoms with E-state index in [1.165, 1.54) is 0 Å². The van der Waals surface area contributed by atoms with Gasteiger partial charge in [0.25, 0.3) is 0 Å². The van der Waals surface area contributed by atoms with Crippen LogP contribution in [-0.2, 0) is 0 Å². The van der Waals surface area contributed by atoms with Gasteiger partial charge in [0.2, 0.25) is 0 Å². The molecular formula is C16H20N4O2. The molecule has 2 heterocycles. The van der Waals surface area contributed by atoms with Crippen LogP contribution in [0.1, 0.15) is 6.42 Å². The molecule has 2 fully saturated rings. The van der Waals surface area contributed by atoms with E-state index in [4.69, 9.17) is 10.00 Å². The first-order chi connectivity index (χ1) is 10.7. The lowest BCUT2D eigenvalue weighted by molar-refractivity contribution is 0.0298. The quantitative estimate of drug-likeness (QED) is 0.791. The Morgan fingerprint density at radius 2 is 2.05 bits per heavy atom. The first-order valence-electron chi connectivity index (χ1n) is 7.55. The second-order valence-electron chi connectivity index (χ2n) is 5.84. The van der Waals surface area contributed by atoms with E-state index in [2.05, 4.69) is 6.19 Å². The van der Waals surface area contributed by atoms with Crippen molar-refractivity contribution in [3.8, 4) is 11.9 Å². The summed E-state index contributed by atoms with van der Waals surface area (Å²) < 4.78 is 5.81. The lowest BCUT2D eigenvalue weighted by Crippen LogP contribution is -2.60. The van der Waals surface area contributed by atoms with Crippen LogP contribution < -0.4 is 4.74 Å². The average molecular weight is 300 g/mol. The van der Waals surface area contributed by atoms with E-state index in [1.54, 1.807) is 14.7 Å². The Morgan fingerprint density at radius 1 is 1.32 bits per heavy atom. The SMILES string of the molecule is CN(C(=O)N1CC(Oc2ccccc2)C1)[C@@H]1CCN(C#N)C1. The Kier molecular flexibility index (Phi) is 4.05. The van der Waals surface area contributed by atoms with Gasteiger partial charge in [0.05, 0.1) is 19.1 Å². The number of para-hydroxylation sites is 1. The van der Waals surface area contributed by atoms with Gasteiger partial charge in [-0.2, -0.15) is 5.26 Å². The molecule has 0 spiro atoms. The van der Waals surface area contributed by atoms with Crippen LogP contribution in [-0.4, -0.2) is 66.1 Å². The number of benzene rings is 1. The number of carbonyl (C=O) groups is 1. The number of hydrogen-bond acceptors (Lipinski definition) is 4. The zero-order valence-electron chi connectivity index (χ0n) is 12.7. The number of carbonyl (C=O) groups excluding carboxylic acids is 1. The highest BCUT2D eigenvalue weighted by atomic mass is 16.5. The second-order valence-corrected chi connectivity index (χ2v) is 5.84. The molecule has 1 aromatic rings. The molecule has 2 aliphatic heterocycles. The second kappa shape index (κ2) is 6.14. The number of likely N-dealkylation sites (N-methyl/N-ethyl adjacent to an activating group) is 1. The fourth-order valence-corrected chi connectivity index (χ4v) is 2.89. The van der Waals surface area contributed by atoms with Crippen LogP contribution in [0.2, 0.25) is 0 Å². The van der Waals surface area contributed by atoms with E-state index in [9.17, 15) is 4.79 Å². The van der Waals surface area contributed by atoms with Gasteiger partial charge < -0.3 is 19.4 Å². The number of nitrogens with zero attached hydrogens (tertiary/aromatic N) is 4. The number of rotatable bonds is 3. The van der Waals surface area contributed by atoms with Crippen LogP contribution in [0.4, 0.5) is 4.79 Å². The highest BCUT2D eigenvalue weighted by Gasteiger charge is 2.37. The van der Waals surface area contributed by atoms with Crippen molar-refractivity contribution in [1.29, 1.82) is 5.26 Å². The van der Waals surface area contributed by atoms with Crippen LogP contribution >= 0.6 is 0 Å². The summed E-state index contributed by atoms with van der Waals surface area (Å²) in [6.07, 6.45) is 3.06. The molecule has 116 valence electrons. The fourth-order valence-electron chi connectivity index (χ4n) is 2.89. The van der Waals surface area contributed by atoms with Crippen LogP contribution in [0.25, 0.3) is 0 Å². The standard InChI is InChI=1S/C16H20N4O2/c1-18(13-7-8-19(9-13)12-17)16(21)20-10-15(11-20)22-14-5-3-2-4-6-14/h2-6,13,15H,7-11H2,1H3/t13-/m1/s1. The van der Waals surface area contributed by atoms with E-state index in [1.807, 2.05) is 37.4 Å². The minimum Gasteiger partial charge on any atom is -0.487 e. The monoisotopic (exact) mass is 300 g/mol. The van der Waals surface area contributed by atoms with Gasteiger partial charge in [0.15, 0.2) is 6.19 Å². The number of nitriles is 1. The molecule has 2 amide bonds. The van der Waals surface area contributed by atoms with Crippen molar-refractivity contribution in [3.05, 3.63) is 30.3 Å². The smallest absolute Gasteiger partial charge is 0.320 e. The maximum atomic E-state index is 12.4. The van der Waals surface area contributed by atoms with E-state index >= 15 is 0 Å². The van der Waals surface area contributed by atoms with Gasteiger partial charge in [0.1, 0.15) is 11.9 Å². The summed E-state index contributed by atoms with van der Waals surface area (Å²) in [5.41, 5.74) is 0. The molecule has 1 aromatic carbocycles. The molecule has 0 bridgehead atoms. The summed E-state index contributed by atoms with van der Waals surface area (Å²) >= 11 is 0. The summed E-state index contributed by atoms with van der Waals surface area (Å²) in [5, 5.41) is 8.89. The molecule has 0 saturated carbocycles. The van der Waals surface area contributed by atoms with Crippen molar-refractivity contribution in [3.63, 3.8) is 0 Å². The zero-order valence-corrected chi connectivity index (χ0v) is 12.7. The number of urea groups is 1. The van der Waals surface area contributed by atoms with Gasteiger partial charge in [-0.1, -0.05) is 18.2 Å². The lowest BCUT2D eigenvalue weighted by atomic mass is 10.1. The molecule has 6 nitrogen and oxygen atoms in total. The highest BCUT2D eigenvalue weighted by Crippen LogP contribution is 2.21. The largest absolute Gasteiger partial charge is 0.487 e. The van der Waals surface area contributed by atoms with E-state index < -0.39 is 0 Å². The summed E-state index contributed by atoms with van der Waals surface area (Å²) in [7, 11) is 1.82.